The average molecular weight is 219 g/mol. The summed E-state index contributed by atoms with van der Waals surface area (Å²) in [4.78, 5) is 0. The molecule has 1 heterocycles. The molecule has 1 aromatic carbocycles. The van der Waals surface area contributed by atoms with E-state index in [1.807, 2.05) is 6.92 Å². The Balaban J connectivity index is 2.14. The first-order valence-corrected chi connectivity index (χ1v) is 6.25. The molecule has 1 aliphatic rings. The predicted molar refractivity (Wildman–Crippen MR) is 67.2 cm³/mol. The van der Waals surface area contributed by atoms with E-state index >= 15 is 0 Å². The van der Waals surface area contributed by atoms with Gasteiger partial charge in [-0.3, -0.25) is 0 Å². The molecule has 1 unspecified atom stereocenters. The third-order valence-electron chi connectivity index (χ3n) is 3.29. The molecular formula is C14H21NO. The van der Waals surface area contributed by atoms with Crippen LogP contribution >= 0.6 is 0 Å². The maximum absolute atomic E-state index is 5.51. The maximum Gasteiger partial charge on any atom is 0.119 e. The molecule has 1 aromatic rings. The van der Waals surface area contributed by atoms with Crippen molar-refractivity contribution in [1.29, 1.82) is 0 Å². The fraction of sp³-hybridized carbons (Fsp3) is 0.571. The van der Waals surface area contributed by atoms with Gasteiger partial charge in [-0.25, -0.2) is 0 Å². The van der Waals surface area contributed by atoms with Crippen molar-refractivity contribution in [1.82, 2.24) is 5.32 Å². The lowest BCUT2D eigenvalue weighted by molar-refractivity contribution is 0.339. The zero-order valence-corrected chi connectivity index (χ0v) is 10.3. The fourth-order valence-corrected chi connectivity index (χ4v) is 2.48. The molecule has 1 atom stereocenters. The molecule has 2 rings (SSSR count). The van der Waals surface area contributed by atoms with Crippen LogP contribution in [0.15, 0.2) is 18.2 Å². The standard InChI is InChI=1S/C14H21NO/c1-3-16-13-6-7-14(11(2)9-13)12-5-4-8-15-10-12/h6-7,9,12,15H,3-5,8,10H2,1-2H3. The smallest absolute Gasteiger partial charge is 0.119 e. The van der Waals surface area contributed by atoms with Gasteiger partial charge in [0.05, 0.1) is 6.61 Å². The van der Waals surface area contributed by atoms with E-state index in [4.69, 9.17) is 4.74 Å². The normalized spacial score (nSPS) is 20.8. The second kappa shape index (κ2) is 5.35. The highest BCUT2D eigenvalue weighted by molar-refractivity contribution is 5.37. The Hall–Kier alpha value is -1.02. The molecule has 1 fully saturated rings. The van der Waals surface area contributed by atoms with Gasteiger partial charge in [0.2, 0.25) is 0 Å². The summed E-state index contributed by atoms with van der Waals surface area (Å²) in [6.07, 6.45) is 2.60. The van der Waals surface area contributed by atoms with Gasteiger partial charge in [0.25, 0.3) is 0 Å². The number of hydrogen-bond acceptors (Lipinski definition) is 2. The zero-order chi connectivity index (χ0) is 11.4. The Bertz CT molecular complexity index is 343. The van der Waals surface area contributed by atoms with Gasteiger partial charge >= 0.3 is 0 Å². The van der Waals surface area contributed by atoms with E-state index in [9.17, 15) is 0 Å². The first-order chi connectivity index (χ1) is 7.81. The number of nitrogens with one attached hydrogen (secondary N) is 1. The summed E-state index contributed by atoms with van der Waals surface area (Å²) in [6.45, 7) is 7.24. The van der Waals surface area contributed by atoms with Crippen molar-refractivity contribution in [2.24, 2.45) is 0 Å². The lowest BCUT2D eigenvalue weighted by atomic mass is 9.89. The summed E-state index contributed by atoms with van der Waals surface area (Å²) in [5.41, 5.74) is 2.84. The number of piperidine rings is 1. The highest BCUT2D eigenvalue weighted by atomic mass is 16.5. The predicted octanol–water partition coefficient (Wildman–Crippen LogP) is 2.86. The van der Waals surface area contributed by atoms with Gasteiger partial charge in [0, 0.05) is 6.54 Å². The third kappa shape index (κ3) is 2.56. The fourth-order valence-electron chi connectivity index (χ4n) is 2.48. The lowest BCUT2D eigenvalue weighted by Gasteiger charge is -2.24. The van der Waals surface area contributed by atoms with Crippen LogP contribution in [0.5, 0.6) is 5.75 Å². The first-order valence-electron chi connectivity index (χ1n) is 6.25. The van der Waals surface area contributed by atoms with Gasteiger partial charge < -0.3 is 10.1 Å². The summed E-state index contributed by atoms with van der Waals surface area (Å²) in [5, 5.41) is 3.47. The van der Waals surface area contributed by atoms with E-state index in [0.717, 1.165) is 18.9 Å². The van der Waals surface area contributed by atoms with Crippen LogP contribution in [0.1, 0.15) is 36.8 Å². The molecule has 16 heavy (non-hydrogen) atoms. The van der Waals surface area contributed by atoms with E-state index < -0.39 is 0 Å². The van der Waals surface area contributed by atoms with Crippen LogP contribution < -0.4 is 10.1 Å². The largest absolute Gasteiger partial charge is 0.494 e. The van der Waals surface area contributed by atoms with Crippen molar-refractivity contribution in [3.05, 3.63) is 29.3 Å². The summed E-state index contributed by atoms with van der Waals surface area (Å²) in [7, 11) is 0. The monoisotopic (exact) mass is 219 g/mol. The van der Waals surface area contributed by atoms with E-state index in [1.54, 1.807) is 0 Å². The molecule has 0 aromatic heterocycles. The van der Waals surface area contributed by atoms with Crippen molar-refractivity contribution >= 4 is 0 Å². The molecule has 2 heteroatoms. The van der Waals surface area contributed by atoms with Crippen LogP contribution in [0.3, 0.4) is 0 Å². The van der Waals surface area contributed by atoms with Crippen molar-refractivity contribution < 1.29 is 4.74 Å². The molecular weight excluding hydrogens is 198 g/mol. The topological polar surface area (TPSA) is 21.3 Å². The van der Waals surface area contributed by atoms with Crippen molar-refractivity contribution in [2.75, 3.05) is 19.7 Å². The van der Waals surface area contributed by atoms with Crippen molar-refractivity contribution in [2.45, 2.75) is 32.6 Å². The minimum atomic E-state index is 0.685. The molecule has 1 aliphatic heterocycles. The minimum Gasteiger partial charge on any atom is -0.494 e. The molecule has 1 N–H and O–H groups in total. The second-order valence-corrected chi connectivity index (χ2v) is 4.49. The average Bonchev–Trinajstić information content (AvgIpc) is 2.31. The number of ether oxygens (including phenoxy) is 1. The maximum atomic E-state index is 5.51. The van der Waals surface area contributed by atoms with Crippen molar-refractivity contribution in [3.63, 3.8) is 0 Å². The summed E-state index contributed by atoms with van der Waals surface area (Å²) in [5.74, 6) is 1.68. The Morgan fingerprint density at radius 1 is 1.44 bits per heavy atom. The number of rotatable bonds is 3. The van der Waals surface area contributed by atoms with E-state index in [0.29, 0.717) is 5.92 Å². The van der Waals surface area contributed by atoms with Crippen LogP contribution in [-0.2, 0) is 0 Å². The van der Waals surface area contributed by atoms with Gasteiger partial charge in [-0.05, 0) is 62.4 Å². The lowest BCUT2D eigenvalue weighted by Crippen LogP contribution is -2.28. The molecule has 2 nitrogen and oxygen atoms in total. The first kappa shape index (κ1) is 11.5. The van der Waals surface area contributed by atoms with Crippen molar-refractivity contribution in [3.8, 4) is 5.75 Å². The van der Waals surface area contributed by atoms with Crippen LogP contribution in [0.25, 0.3) is 0 Å². The van der Waals surface area contributed by atoms with Gasteiger partial charge in [0.1, 0.15) is 5.75 Å². The van der Waals surface area contributed by atoms with Gasteiger partial charge in [0.15, 0.2) is 0 Å². The van der Waals surface area contributed by atoms with Crippen LogP contribution in [0.2, 0.25) is 0 Å². The summed E-state index contributed by atoms with van der Waals surface area (Å²) in [6, 6.07) is 6.49. The van der Waals surface area contributed by atoms with E-state index in [2.05, 4.69) is 30.4 Å². The minimum absolute atomic E-state index is 0.685. The molecule has 0 bridgehead atoms. The quantitative estimate of drug-likeness (QED) is 0.844. The Labute approximate surface area is 98.0 Å². The summed E-state index contributed by atoms with van der Waals surface area (Å²) < 4.78 is 5.51. The van der Waals surface area contributed by atoms with Crippen LogP contribution in [-0.4, -0.2) is 19.7 Å². The SMILES string of the molecule is CCOc1ccc(C2CCCNC2)c(C)c1. The summed E-state index contributed by atoms with van der Waals surface area (Å²) >= 11 is 0. The van der Waals surface area contributed by atoms with Gasteiger partial charge in [-0.15, -0.1) is 0 Å². The van der Waals surface area contributed by atoms with Gasteiger partial charge in [-0.1, -0.05) is 6.07 Å². The molecule has 0 radical (unpaired) electrons. The van der Waals surface area contributed by atoms with E-state index in [-0.39, 0.29) is 0 Å². The highest BCUT2D eigenvalue weighted by Gasteiger charge is 2.16. The Morgan fingerprint density at radius 2 is 2.31 bits per heavy atom. The Morgan fingerprint density at radius 3 is 2.94 bits per heavy atom. The van der Waals surface area contributed by atoms with Crippen LogP contribution in [0, 0.1) is 6.92 Å². The number of aryl methyl sites for hydroxylation is 1. The number of benzene rings is 1. The molecule has 0 spiro atoms. The highest BCUT2D eigenvalue weighted by Crippen LogP contribution is 2.28. The van der Waals surface area contributed by atoms with Crippen LogP contribution in [0.4, 0.5) is 0 Å². The molecule has 0 amide bonds. The molecule has 1 saturated heterocycles. The third-order valence-corrected chi connectivity index (χ3v) is 3.29. The van der Waals surface area contributed by atoms with Gasteiger partial charge in [-0.2, -0.15) is 0 Å². The van der Waals surface area contributed by atoms with E-state index in [1.165, 1.54) is 30.5 Å². The molecule has 0 saturated carbocycles. The molecule has 0 aliphatic carbocycles. The Kier molecular flexibility index (Phi) is 3.83. The number of hydrogen-bond donors (Lipinski definition) is 1. The molecule has 88 valence electrons. The second-order valence-electron chi connectivity index (χ2n) is 4.49. The zero-order valence-electron chi connectivity index (χ0n) is 10.3.